The van der Waals surface area contributed by atoms with E-state index in [2.05, 4.69) is 9.32 Å². The molecule has 0 unspecified atom stereocenters. The second-order valence-electron chi connectivity index (χ2n) is 7.37. The fraction of sp³-hybridized carbons (Fsp3) is 0.600. The van der Waals surface area contributed by atoms with E-state index in [1.165, 1.54) is 0 Å². The molecule has 0 amide bonds. The Balaban J connectivity index is 3.53. The van der Waals surface area contributed by atoms with Gasteiger partial charge in [0.05, 0.1) is 11.5 Å². The summed E-state index contributed by atoms with van der Waals surface area (Å²) in [6.45, 7) is -1.94. The monoisotopic (exact) mass is 669 g/mol. The lowest BCUT2D eigenvalue weighted by atomic mass is 9.91. The van der Waals surface area contributed by atoms with Crippen molar-refractivity contribution >= 4 is 20.1 Å². The third-order valence-corrected chi connectivity index (χ3v) is 6.88. The SMILES string of the molecule is NS(=O)(=O)c1ccc(COS(=O)(=O)C(F)(F)C(F)(F)C(F)(F)C(F)(F)C(F)(F)C(F)(F)C(F)(F)C(F)(F)F)cc1. The number of rotatable bonds is 11. The Hall–Kier alpha value is -2.15. The van der Waals surface area contributed by atoms with Crippen LogP contribution in [0.1, 0.15) is 5.56 Å². The first-order valence-electron chi connectivity index (χ1n) is 8.90. The molecule has 0 spiro atoms. The van der Waals surface area contributed by atoms with Crippen molar-refractivity contribution in [3.05, 3.63) is 29.8 Å². The average Bonchev–Trinajstić information content (AvgIpc) is 2.75. The summed E-state index contributed by atoms with van der Waals surface area (Å²) < 4.78 is 273. The molecule has 0 aliphatic rings. The summed E-state index contributed by atoms with van der Waals surface area (Å²) in [5.74, 6) is -52.3. The molecular formula is C15H8F17NO5S2. The van der Waals surface area contributed by atoms with Gasteiger partial charge < -0.3 is 0 Å². The highest BCUT2D eigenvalue weighted by Gasteiger charge is 2.96. The van der Waals surface area contributed by atoms with Gasteiger partial charge in [-0.3, -0.25) is 4.18 Å². The van der Waals surface area contributed by atoms with Gasteiger partial charge in [0.15, 0.2) is 0 Å². The Bertz CT molecular complexity index is 1310. The Labute approximate surface area is 210 Å². The van der Waals surface area contributed by atoms with Crippen LogP contribution >= 0.6 is 0 Å². The van der Waals surface area contributed by atoms with Crippen LogP contribution in [-0.2, 0) is 30.9 Å². The van der Waals surface area contributed by atoms with Gasteiger partial charge in [0.1, 0.15) is 0 Å². The summed E-state index contributed by atoms with van der Waals surface area (Å²) in [6, 6.07) is 1.94. The average molecular weight is 669 g/mol. The molecule has 25 heteroatoms. The van der Waals surface area contributed by atoms with Crippen molar-refractivity contribution in [3.8, 4) is 0 Å². The topological polar surface area (TPSA) is 104 Å². The van der Waals surface area contributed by atoms with Gasteiger partial charge in [-0.1, -0.05) is 12.1 Å². The highest BCUT2D eigenvalue weighted by Crippen LogP contribution is 2.64. The lowest BCUT2D eigenvalue weighted by Gasteiger charge is -2.42. The molecule has 1 aromatic rings. The van der Waals surface area contributed by atoms with Crippen LogP contribution in [-0.4, -0.2) is 63.8 Å². The number of hydrogen-bond acceptors (Lipinski definition) is 5. The molecule has 0 fully saturated rings. The molecule has 0 saturated carbocycles. The van der Waals surface area contributed by atoms with E-state index < -0.39 is 84.2 Å². The quantitative estimate of drug-likeness (QED) is 0.260. The summed E-state index contributed by atoms with van der Waals surface area (Å²) in [5.41, 5.74) is -0.785. The van der Waals surface area contributed by atoms with Crippen molar-refractivity contribution in [2.24, 2.45) is 5.14 Å². The molecule has 0 radical (unpaired) electrons. The molecule has 40 heavy (non-hydrogen) atoms. The van der Waals surface area contributed by atoms with Gasteiger partial charge in [-0.15, -0.1) is 0 Å². The second kappa shape index (κ2) is 9.71. The molecule has 0 aliphatic heterocycles. The fourth-order valence-electron chi connectivity index (χ4n) is 2.30. The van der Waals surface area contributed by atoms with E-state index in [9.17, 15) is 91.5 Å². The van der Waals surface area contributed by atoms with Crippen LogP contribution in [0.15, 0.2) is 29.2 Å². The molecule has 1 aromatic carbocycles. The van der Waals surface area contributed by atoms with E-state index in [1.54, 1.807) is 0 Å². The van der Waals surface area contributed by atoms with Gasteiger partial charge >= 0.3 is 57.1 Å². The Morgan fingerprint density at radius 1 is 0.550 bits per heavy atom. The van der Waals surface area contributed by atoms with Gasteiger partial charge in [0.2, 0.25) is 10.0 Å². The number of primary sulfonamides is 1. The molecule has 0 saturated heterocycles. The molecule has 0 bridgehead atoms. The number of benzene rings is 1. The van der Waals surface area contributed by atoms with Crippen molar-refractivity contribution in [2.45, 2.75) is 58.5 Å². The first-order valence-corrected chi connectivity index (χ1v) is 11.9. The van der Waals surface area contributed by atoms with E-state index in [0.29, 0.717) is 24.3 Å². The van der Waals surface area contributed by atoms with Gasteiger partial charge in [-0.05, 0) is 17.7 Å². The van der Waals surface area contributed by atoms with Crippen molar-refractivity contribution in [2.75, 3.05) is 0 Å². The maximum atomic E-state index is 13.9. The Morgan fingerprint density at radius 2 is 0.875 bits per heavy atom. The Kier molecular flexibility index (Phi) is 8.71. The molecule has 0 aliphatic carbocycles. The summed E-state index contributed by atoms with van der Waals surface area (Å²) in [5, 5.41) is -3.15. The lowest BCUT2D eigenvalue weighted by Crippen LogP contribution is -2.75. The number of halogens is 17. The molecular weight excluding hydrogens is 661 g/mol. The number of nitrogens with two attached hydrogens (primary N) is 1. The van der Waals surface area contributed by atoms with Crippen molar-refractivity contribution in [3.63, 3.8) is 0 Å². The van der Waals surface area contributed by atoms with Crippen molar-refractivity contribution in [1.29, 1.82) is 0 Å². The molecule has 0 aromatic heterocycles. The molecule has 6 nitrogen and oxygen atoms in total. The minimum atomic E-state index is -8.95. The largest absolute Gasteiger partial charge is 0.460 e. The van der Waals surface area contributed by atoms with Crippen LogP contribution in [0.2, 0.25) is 0 Å². The first-order chi connectivity index (χ1) is 17.2. The van der Waals surface area contributed by atoms with Gasteiger partial charge in [-0.2, -0.15) is 83.1 Å². The van der Waals surface area contributed by atoms with E-state index >= 15 is 0 Å². The molecule has 1 rings (SSSR count). The molecule has 234 valence electrons. The molecule has 0 heterocycles. The predicted molar refractivity (Wildman–Crippen MR) is 92.2 cm³/mol. The lowest BCUT2D eigenvalue weighted by molar-refractivity contribution is -0.458. The van der Waals surface area contributed by atoms with Gasteiger partial charge in [-0.25, -0.2) is 13.6 Å². The highest BCUT2D eigenvalue weighted by molar-refractivity contribution is 7.89. The predicted octanol–water partition coefficient (Wildman–Crippen LogP) is 5.15. The third-order valence-electron chi connectivity index (χ3n) is 4.64. The minimum absolute atomic E-state index is 0.470. The maximum Gasteiger partial charge on any atom is 0.460 e. The van der Waals surface area contributed by atoms with Crippen LogP contribution < -0.4 is 5.14 Å². The van der Waals surface area contributed by atoms with Crippen molar-refractivity contribution in [1.82, 2.24) is 0 Å². The van der Waals surface area contributed by atoms with Crippen LogP contribution in [0, 0.1) is 0 Å². The minimum Gasteiger partial charge on any atom is -0.261 e. The Morgan fingerprint density at radius 3 is 1.20 bits per heavy atom. The van der Waals surface area contributed by atoms with E-state index in [0.717, 1.165) is 0 Å². The normalized spacial score (nSPS) is 15.8. The second-order valence-corrected chi connectivity index (χ2v) is 10.6. The smallest absolute Gasteiger partial charge is 0.261 e. The summed E-state index contributed by atoms with van der Waals surface area (Å²) in [4.78, 5) is -0.744. The zero-order chi connectivity index (χ0) is 32.4. The molecule has 2 N–H and O–H groups in total. The third kappa shape index (κ3) is 5.16. The number of sulfonamides is 1. The van der Waals surface area contributed by atoms with Crippen LogP contribution in [0.5, 0.6) is 0 Å². The summed E-state index contributed by atoms with van der Waals surface area (Å²) in [7, 11) is -12.2. The zero-order valence-electron chi connectivity index (χ0n) is 17.9. The first kappa shape index (κ1) is 35.9. The van der Waals surface area contributed by atoms with Crippen LogP contribution in [0.25, 0.3) is 0 Å². The molecule has 0 atom stereocenters. The van der Waals surface area contributed by atoms with Gasteiger partial charge in [0, 0.05) is 0 Å². The maximum absolute atomic E-state index is 13.9. The van der Waals surface area contributed by atoms with E-state index in [4.69, 9.17) is 0 Å². The number of hydrogen-bond donors (Lipinski definition) is 1. The van der Waals surface area contributed by atoms with E-state index in [-0.39, 0.29) is 0 Å². The van der Waals surface area contributed by atoms with Crippen LogP contribution in [0.4, 0.5) is 74.6 Å². The van der Waals surface area contributed by atoms with Gasteiger partial charge in [0.25, 0.3) is 0 Å². The fourth-order valence-corrected chi connectivity index (χ4v) is 3.70. The van der Waals surface area contributed by atoms with E-state index in [1.807, 2.05) is 0 Å². The standard InChI is InChI=1S/C15H8F17NO5S2/c16-8(17,10(20,21)12(24,25)14(28,29)30)9(18,19)11(22,23)13(26,27)15(31,32)40(36,37)38-5-6-1-3-7(4-2-6)39(33,34)35/h1-4H,5H2,(H2,33,34,35). The number of alkyl halides is 17. The van der Waals surface area contributed by atoms with Crippen LogP contribution in [0.3, 0.4) is 0 Å². The summed E-state index contributed by atoms with van der Waals surface area (Å²) in [6.07, 6.45) is -7.93. The highest BCUT2D eigenvalue weighted by atomic mass is 32.2. The van der Waals surface area contributed by atoms with Crippen molar-refractivity contribution < 1.29 is 95.7 Å². The zero-order valence-corrected chi connectivity index (χ0v) is 19.5. The summed E-state index contributed by atoms with van der Waals surface area (Å²) >= 11 is 0.